The van der Waals surface area contributed by atoms with Crippen molar-refractivity contribution in [2.45, 2.75) is 6.42 Å². The Labute approximate surface area is 63.7 Å². The lowest BCUT2D eigenvalue weighted by Crippen LogP contribution is -2.30. The molecule has 0 saturated heterocycles. The van der Waals surface area contributed by atoms with Crippen LogP contribution in [0.1, 0.15) is 6.42 Å². The number of carboxylic acid groups (broad SMARTS) is 1. The molecule has 0 saturated carbocycles. The highest BCUT2D eigenvalue weighted by atomic mass is 16.4. The van der Waals surface area contributed by atoms with Crippen molar-refractivity contribution in [2.75, 3.05) is 13.1 Å². The van der Waals surface area contributed by atoms with Gasteiger partial charge in [-0.15, -0.1) is 0 Å². The summed E-state index contributed by atoms with van der Waals surface area (Å²) in [5.74, 6) is -0.840. The van der Waals surface area contributed by atoms with Gasteiger partial charge in [-0.25, -0.2) is 0 Å². The highest BCUT2D eigenvalue weighted by Crippen LogP contribution is 1.74. The first-order chi connectivity index (χ1) is 5.16. The standard InChI is InChI=1S/C5H11N3O3/c6-4(8-11)3-7-2-1-5(9)10/h7,11H,1-3H2,(H2,6,8)(H,9,10). The minimum Gasteiger partial charge on any atom is -0.481 e. The maximum absolute atomic E-state index is 9.96. The minimum absolute atomic E-state index is 0.0265. The molecule has 6 heteroatoms. The van der Waals surface area contributed by atoms with E-state index in [4.69, 9.17) is 16.0 Å². The van der Waals surface area contributed by atoms with Gasteiger partial charge in [0.05, 0.1) is 13.0 Å². The molecule has 0 aromatic rings. The molecule has 0 aromatic heterocycles. The molecule has 6 nitrogen and oxygen atoms in total. The van der Waals surface area contributed by atoms with E-state index in [2.05, 4.69) is 10.5 Å². The summed E-state index contributed by atoms with van der Waals surface area (Å²) in [6, 6.07) is 0. The second kappa shape index (κ2) is 5.48. The first kappa shape index (κ1) is 9.70. The Kier molecular flexibility index (Phi) is 4.83. The van der Waals surface area contributed by atoms with Gasteiger partial charge >= 0.3 is 5.97 Å². The third kappa shape index (κ3) is 6.59. The van der Waals surface area contributed by atoms with Crippen LogP contribution in [-0.2, 0) is 4.79 Å². The van der Waals surface area contributed by atoms with Crippen LogP contribution < -0.4 is 11.1 Å². The highest BCUT2D eigenvalue weighted by molar-refractivity contribution is 5.81. The number of hydrogen-bond acceptors (Lipinski definition) is 4. The van der Waals surface area contributed by atoms with E-state index < -0.39 is 5.97 Å². The lowest BCUT2D eigenvalue weighted by Gasteiger charge is -1.99. The number of nitrogens with two attached hydrogens (primary N) is 1. The van der Waals surface area contributed by atoms with E-state index >= 15 is 0 Å². The lowest BCUT2D eigenvalue weighted by molar-refractivity contribution is -0.136. The number of nitrogens with zero attached hydrogens (tertiary/aromatic N) is 1. The van der Waals surface area contributed by atoms with Crippen LogP contribution >= 0.6 is 0 Å². The van der Waals surface area contributed by atoms with Gasteiger partial charge in [-0.3, -0.25) is 4.79 Å². The highest BCUT2D eigenvalue weighted by Gasteiger charge is 1.96. The molecule has 0 rings (SSSR count). The van der Waals surface area contributed by atoms with Crippen molar-refractivity contribution in [3.05, 3.63) is 0 Å². The summed E-state index contributed by atoms with van der Waals surface area (Å²) in [6.07, 6.45) is 0.0265. The molecular weight excluding hydrogens is 150 g/mol. The SMILES string of the molecule is NC(CNCCC(=O)O)=NO. The van der Waals surface area contributed by atoms with Gasteiger partial charge < -0.3 is 21.4 Å². The van der Waals surface area contributed by atoms with Crippen molar-refractivity contribution in [1.82, 2.24) is 5.32 Å². The number of hydrogen-bond donors (Lipinski definition) is 4. The van der Waals surface area contributed by atoms with Crippen LogP contribution in [0, 0.1) is 0 Å². The molecule has 0 fully saturated rings. The molecule has 64 valence electrons. The molecule has 0 spiro atoms. The summed E-state index contributed by atoms with van der Waals surface area (Å²) in [5.41, 5.74) is 5.08. The van der Waals surface area contributed by atoms with E-state index in [1.54, 1.807) is 0 Å². The Morgan fingerprint density at radius 1 is 1.64 bits per heavy atom. The van der Waals surface area contributed by atoms with Crippen molar-refractivity contribution in [1.29, 1.82) is 0 Å². The van der Waals surface area contributed by atoms with Crippen molar-refractivity contribution in [3.63, 3.8) is 0 Å². The van der Waals surface area contributed by atoms with E-state index in [1.165, 1.54) is 0 Å². The normalized spacial score (nSPS) is 11.5. The quantitative estimate of drug-likeness (QED) is 0.133. The molecule has 0 aliphatic rings. The average Bonchev–Trinajstić information content (AvgIpc) is 1.97. The number of amidine groups is 1. The fourth-order valence-electron chi connectivity index (χ4n) is 0.447. The fraction of sp³-hybridized carbons (Fsp3) is 0.600. The smallest absolute Gasteiger partial charge is 0.304 e. The average molecular weight is 161 g/mol. The van der Waals surface area contributed by atoms with Crippen LogP contribution in [0.2, 0.25) is 0 Å². The number of aliphatic carboxylic acids is 1. The summed E-state index contributed by atoms with van der Waals surface area (Å²) in [5, 5.41) is 21.6. The van der Waals surface area contributed by atoms with E-state index in [-0.39, 0.29) is 18.8 Å². The largest absolute Gasteiger partial charge is 0.481 e. The molecule has 0 bridgehead atoms. The molecule has 11 heavy (non-hydrogen) atoms. The predicted molar refractivity (Wildman–Crippen MR) is 38.5 cm³/mol. The summed E-state index contributed by atoms with van der Waals surface area (Å²) in [7, 11) is 0. The molecule has 5 N–H and O–H groups in total. The molecule has 0 aliphatic carbocycles. The third-order valence-electron chi connectivity index (χ3n) is 0.950. The number of rotatable bonds is 5. The number of nitrogens with one attached hydrogen (secondary N) is 1. The fourth-order valence-corrected chi connectivity index (χ4v) is 0.447. The Balaban J connectivity index is 3.21. The van der Waals surface area contributed by atoms with E-state index in [0.717, 1.165) is 0 Å². The summed E-state index contributed by atoms with van der Waals surface area (Å²) in [6.45, 7) is 0.509. The number of oxime groups is 1. The molecule has 0 aliphatic heterocycles. The zero-order valence-corrected chi connectivity index (χ0v) is 5.95. The van der Waals surface area contributed by atoms with Crippen LogP contribution in [0.5, 0.6) is 0 Å². The predicted octanol–water partition coefficient (Wildman–Crippen LogP) is -1.20. The zero-order valence-electron chi connectivity index (χ0n) is 5.95. The maximum atomic E-state index is 9.96. The van der Waals surface area contributed by atoms with Crippen LogP contribution in [0.15, 0.2) is 5.16 Å². The molecule has 0 heterocycles. The first-order valence-electron chi connectivity index (χ1n) is 3.05. The molecule has 0 radical (unpaired) electrons. The second-order valence-corrected chi connectivity index (χ2v) is 1.91. The minimum atomic E-state index is -0.878. The molecule has 0 atom stereocenters. The summed E-state index contributed by atoms with van der Waals surface area (Å²) < 4.78 is 0. The van der Waals surface area contributed by atoms with Crippen molar-refractivity contribution in [2.24, 2.45) is 10.9 Å². The van der Waals surface area contributed by atoms with Crippen molar-refractivity contribution in [3.8, 4) is 0 Å². The number of carboxylic acids is 1. The van der Waals surface area contributed by atoms with Gasteiger partial charge in [0, 0.05) is 6.54 Å². The van der Waals surface area contributed by atoms with Crippen molar-refractivity contribution >= 4 is 11.8 Å². The van der Waals surface area contributed by atoms with E-state index in [9.17, 15) is 4.79 Å². The molecule has 0 unspecified atom stereocenters. The second-order valence-electron chi connectivity index (χ2n) is 1.91. The Hall–Kier alpha value is -1.30. The van der Waals surface area contributed by atoms with Crippen LogP contribution in [0.25, 0.3) is 0 Å². The van der Waals surface area contributed by atoms with Gasteiger partial charge in [-0.1, -0.05) is 5.16 Å². The van der Waals surface area contributed by atoms with Gasteiger partial charge in [0.2, 0.25) is 0 Å². The van der Waals surface area contributed by atoms with Crippen LogP contribution in [0.4, 0.5) is 0 Å². The van der Waals surface area contributed by atoms with Gasteiger partial charge in [0.15, 0.2) is 5.84 Å². The summed E-state index contributed by atoms with van der Waals surface area (Å²) in [4.78, 5) is 9.96. The van der Waals surface area contributed by atoms with E-state index in [0.29, 0.717) is 6.54 Å². The third-order valence-corrected chi connectivity index (χ3v) is 0.950. The van der Waals surface area contributed by atoms with Crippen molar-refractivity contribution < 1.29 is 15.1 Å². The van der Waals surface area contributed by atoms with Gasteiger partial charge in [-0.05, 0) is 0 Å². The monoisotopic (exact) mass is 161 g/mol. The van der Waals surface area contributed by atoms with Gasteiger partial charge in [0.1, 0.15) is 0 Å². The topological polar surface area (TPSA) is 108 Å². The zero-order chi connectivity index (χ0) is 8.69. The first-order valence-corrected chi connectivity index (χ1v) is 3.05. The Bertz CT molecular complexity index is 157. The lowest BCUT2D eigenvalue weighted by atomic mass is 10.4. The van der Waals surface area contributed by atoms with Crippen LogP contribution in [-0.4, -0.2) is 35.2 Å². The molecule has 0 aromatic carbocycles. The molecular formula is C5H11N3O3. The summed E-state index contributed by atoms with van der Waals surface area (Å²) >= 11 is 0. The molecule has 0 amide bonds. The Morgan fingerprint density at radius 2 is 2.27 bits per heavy atom. The van der Waals surface area contributed by atoms with Crippen LogP contribution in [0.3, 0.4) is 0 Å². The van der Waals surface area contributed by atoms with Gasteiger partial charge in [0.25, 0.3) is 0 Å². The maximum Gasteiger partial charge on any atom is 0.304 e. The number of carbonyl (C=O) groups is 1. The van der Waals surface area contributed by atoms with E-state index in [1.807, 2.05) is 0 Å². The van der Waals surface area contributed by atoms with Gasteiger partial charge in [-0.2, -0.15) is 0 Å². The Morgan fingerprint density at radius 3 is 2.73 bits per heavy atom.